The van der Waals surface area contributed by atoms with E-state index in [1.807, 2.05) is 17.9 Å². The van der Waals surface area contributed by atoms with Crippen molar-refractivity contribution in [1.29, 1.82) is 0 Å². The first-order valence-electron chi connectivity index (χ1n) is 5.74. The van der Waals surface area contributed by atoms with Crippen LogP contribution in [0, 0.1) is 0 Å². The summed E-state index contributed by atoms with van der Waals surface area (Å²) in [4.78, 5) is 0. The van der Waals surface area contributed by atoms with Gasteiger partial charge in [0.25, 0.3) is 0 Å². The second-order valence-corrected chi connectivity index (χ2v) is 4.38. The number of hydrogen-bond donors (Lipinski definition) is 0. The lowest BCUT2D eigenvalue weighted by Gasteiger charge is -2.30. The van der Waals surface area contributed by atoms with E-state index in [0.29, 0.717) is 0 Å². The zero-order valence-electron chi connectivity index (χ0n) is 9.48. The molecule has 0 unspecified atom stereocenters. The molecule has 0 bridgehead atoms. The SMILES string of the molecule is Cn1nccc1C1=CCC2(CC1)OCCO2. The van der Waals surface area contributed by atoms with Gasteiger partial charge < -0.3 is 9.47 Å². The number of ether oxygens (including phenoxy) is 2. The average Bonchev–Trinajstić information content (AvgIpc) is 2.90. The maximum atomic E-state index is 5.69. The van der Waals surface area contributed by atoms with Gasteiger partial charge in [0.05, 0.1) is 18.9 Å². The molecule has 1 spiro atoms. The molecule has 1 aliphatic carbocycles. The number of rotatable bonds is 1. The van der Waals surface area contributed by atoms with Gasteiger partial charge in [0.2, 0.25) is 0 Å². The van der Waals surface area contributed by atoms with E-state index >= 15 is 0 Å². The topological polar surface area (TPSA) is 36.3 Å². The first kappa shape index (κ1) is 10.1. The third-order valence-electron chi connectivity index (χ3n) is 3.40. The van der Waals surface area contributed by atoms with Crippen molar-refractivity contribution in [2.75, 3.05) is 13.2 Å². The molecule has 3 rings (SSSR count). The maximum Gasteiger partial charge on any atom is 0.172 e. The van der Waals surface area contributed by atoms with Crippen LogP contribution >= 0.6 is 0 Å². The van der Waals surface area contributed by atoms with Crippen molar-refractivity contribution in [3.63, 3.8) is 0 Å². The second-order valence-electron chi connectivity index (χ2n) is 4.38. The molecule has 0 radical (unpaired) electrons. The fourth-order valence-electron chi connectivity index (χ4n) is 2.49. The minimum absolute atomic E-state index is 0.317. The molecule has 0 aromatic carbocycles. The van der Waals surface area contributed by atoms with Crippen LogP contribution in [0.25, 0.3) is 5.57 Å². The summed E-state index contributed by atoms with van der Waals surface area (Å²) in [6.07, 6.45) is 6.87. The highest BCUT2D eigenvalue weighted by atomic mass is 16.7. The van der Waals surface area contributed by atoms with Crippen LogP contribution in [0.3, 0.4) is 0 Å². The molecule has 1 aliphatic heterocycles. The molecule has 2 heterocycles. The number of nitrogens with zero attached hydrogens (tertiary/aromatic N) is 2. The van der Waals surface area contributed by atoms with Crippen LogP contribution in [0.1, 0.15) is 25.0 Å². The largest absolute Gasteiger partial charge is 0.347 e. The average molecular weight is 220 g/mol. The lowest BCUT2D eigenvalue weighted by Crippen LogP contribution is -2.31. The fraction of sp³-hybridized carbons (Fsp3) is 0.583. The van der Waals surface area contributed by atoms with Gasteiger partial charge in [-0.15, -0.1) is 0 Å². The van der Waals surface area contributed by atoms with E-state index in [4.69, 9.17) is 9.47 Å². The molecule has 86 valence electrons. The fourth-order valence-corrected chi connectivity index (χ4v) is 2.49. The van der Waals surface area contributed by atoms with Gasteiger partial charge in [-0.05, 0) is 18.1 Å². The smallest absolute Gasteiger partial charge is 0.172 e. The highest BCUT2D eigenvalue weighted by Gasteiger charge is 2.37. The highest BCUT2D eigenvalue weighted by Crippen LogP contribution is 2.37. The standard InChI is InChI=1S/C12H16N2O2/c1-14-11(4-7-13-14)10-2-5-12(6-3-10)15-8-9-16-12/h2,4,7H,3,5-6,8-9H2,1H3. The summed E-state index contributed by atoms with van der Waals surface area (Å²) in [5.74, 6) is -0.317. The minimum Gasteiger partial charge on any atom is -0.347 e. The molecule has 0 amide bonds. The quantitative estimate of drug-likeness (QED) is 0.723. The van der Waals surface area contributed by atoms with Gasteiger partial charge in [0, 0.05) is 26.1 Å². The zero-order valence-corrected chi connectivity index (χ0v) is 9.48. The van der Waals surface area contributed by atoms with Crippen molar-refractivity contribution in [3.8, 4) is 0 Å². The first-order chi connectivity index (χ1) is 7.79. The summed E-state index contributed by atoms with van der Waals surface area (Å²) in [6.45, 7) is 1.46. The van der Waals surface area contributed by atoms with Crippen molar-refractivity contribution < 1.29 is 9.47 Å². The number of hydrogen-bond acceptors (Lipinski definition) is 3. The minimum atomic E-state index is -0.317. The number of aryl methyl sites for hydroxylation is 1. The van der Waals surface area contributed by atoms with Crippen LogP contribution < -0.4 is 0 Å². The van der Waals surface area contributed by atoms with E-state index in [9.17, 15) is 0 Å². The molecule has 1 saturated heterocycles. The third kappa shape index (κ3) is 1.58. The molecule has 4 heteroatoms. The van der Waals surface area contributed by atoms with Crippen molar-refractivity contribution in [2.45, 2.75) is 25.0 Å². The molecular formula is C12H16N2O2. The number of allylic oxidation sites excluding steroid dienone is 1. The molecule has 4 nitrogen and oxygen atoms in total. The normalized spacial score (nSPS) is 23.7. The van der Waals surface area contributed by atoms with Gasteiger partial charge in [0.15, 0.2) is 5.79 Å². The number of aromatic nitrogens is 2. The molecule has 0 N–H and O–H groups in total. The Hall–Kier alpha value is -1.13. The Balaban J connectivity index is 1.81. The summed E-state index contributed by atoms with van der Waals surface area (Å²) in [5.41, 5.74) is 2.55. The van der Waals surface area contributed by atoms with Crippen molar-refractivity contribution in [3.05, 3.63) is 24.0 Å². The Labute approximate surface area is 94.8 Å². The van der Waals surface area contributed by atoms with Crippen LogP contribution in [0.2, 0.25) is 0 Å². The maximum absolute atomic E-state index is 5.69. The highest BCUT2D eigenvalue weighted by molar-refractivity contribution is 5.63. The first-order valence-corrected chi connectivity index (χ1v) is 5.74. The monoisotopic (exact) mass is 220 g/mol. The Bertz CT molecular complexity index is 416. The summed E-state index contributed by atoms with van der Waals surface area (Å²) < 4.78 is 13.3. The van der Waals surface area contributed by atoms with Crippen LogP contribution in [0.4, 0.5) is 0 Å². The van der Waals surface area contributed by atoms with Crippen molar-refractivity contribution >= 4 is 5.57 Å². The van der Waals surface area contributed by atoms with E-state index in [1.54, 1.807) is 0 Å². The van der Waals surface area contributed by atoms with Crippen LogP contribution in [-0.4, -0.2) is 28.8 Å². The summed E-state index contributed by atoms with van der Waals surface area (Å²) in [6, 6.07) is 2.06. The van der Waals surface area contributed by atoms with Gasteiger partial charge in [-0.1, -0.05) is 6.08 Å². The predicted octanol–water partition coefficient (Wildman–Crippen LogP) is 1.73. The Kier molecular flexibility index (Phi) is 2.33. The van der Waals surface area contributed by atoms with Gasteiger partial charge in [0.1, 0.15) is 0 Å². The molecule has 2 aliphatic rings. The molecule has 16 heavy (non-hydrogen) atoms. The third-order valence-corrected chi connectivity index (χ3v) is 3.40. The van der Waals surface area contributed by atoms with Gasteiger partial charge in [-0.3, -0.25) is 4.68 Å². The van der Waals surface area contributed by atoms with E-state index in [2.05, 4.69) is 17.2 Å². The second kappa shape index (κ2) is 3.71. The molecular weight excluding hydrogens is 204 g/mol. The van der Waals surface area contributed by atoms with Crippen LogP contribution in [-0.2, 0) is 16.5 Å². The summed E-state index contributed by atoms with van der Waals surface area (Å²) in [5, 5.41) is 4.19. The molecule has 1 aromatic heterocycles. The van der Waals surface area contributed by atoms with Gasteiger partial charge >= 0.3 is 0 Å². The van der Waals surface area contributed by atoms with E-state index in [0.717, 1.165) is 32.5 Å². The van der Waals surface area contributed by atoms with Crippen LogP contribution in [0.15, 0.2) is 18.3 Å². The molecule has 0 atom stereocenters. The van der Waals surface area contributed by atoms with E-state index in [1.165, 1.54) is 11.3 Å². The molecule has 1 aromatic rings. The van der Waals surface area contributed by atoms with Crippen LogP contribution in [0.5, 0.6) is 0 Å². The van der Waals surface area contributed by atoms with E-state index in [-0.39, 0.29) is 5.79 Å². The Morgan fingerprint density at radius 3 is 2.75 bits per heavy atom. The lowest BCUT2D eigenvalue weighted by atomic mass is 9.92. The lowest BCUT2D eigenvalue weighted by molar-refractivity contribution is -0.159. The zero-order chi connectivity index (χ0) is 11.0. The molecule has 1 fully saturated rings. The molecule has 0 saturated carbocycles. The summed E-state index contributed by atoms with van der Waals surface area (Å²) in [7, 11) is 1.98. The Morgan fingerprint density at radius 2 is 2.19 bits per heavy atom. The van der Waals surface area contributed by atoms with E-state index < -0.39 is 0 Å². The Morgan fingerprint density at radius 1 is 1.38 bits per heavy atom. The summed E-state index contributed by atoms with van der Waals surface area (Å²) >= 11 is 0. The predicted molar refractivity (Wildman–Crippen MR) is 59.7 cm³/mol. The van der Waals surface area contributed by atoms with Gasteiger partial charge in [-0.25, -0.2) is 0 Å². The van der Waals surface area contributed by atoms with Crippen molar-refractivity contribution in [1.82, 2.24) is 9.78 Å². The van der Waals surface area contributed by atoms with Crippen molar-refractivity contribution in [2.24, 2.45) is 7.05 Å². The van der Waals surface area contributed by atoms with Gasteiger partial charge in [-0.2, -0.15) is 5.10 Å².